The van der Waals surface area contributed by atoms with E-state index in [0.29, 0.717) is 40.3 Å². The van der Waals surface area contributed by atoms with E-state index < -0.39 is 5.82 Å². The highest BCUT2D eigenvalue weighted by molar-refractivity contribution is 5.96. The standard InChI is InChI=1S/C20H19FN6O2/c1-26-9-15-18(16(7-22)27(2)25-15)11-6-17(19(23)24-8-11)29-10-12-5-13(21)3-4-14(12)20(26)28/h3-6,8,15,25H,9-10H2,1-2H3,(H2,23,24). The van der Waals surface area contributed by atoms with Gasteiger partial charge in [0.15, 0.2) is 11.6 Å². The van der Waals surface area contributed by atoms with Crippen LogP contribution in [0.5, 0.6) is 5.75 Å². The van der Waals surface area contributed by atoms with Crippen LogP contribution in [0.2, 0.25) is 0 Å². The normalized spacial score (nSPS) is 19.0. The summed E-state index contributed by atoms with van der Waals surface area (Å²) in [5.41, 5.74) is 11.7. The lowest BCUT2D eigenvalue weighted by atomic mass is 9.98. The van der Waals surface area contributed by atoms with Crippen molar-refractivity contribution in [1.29, 1.82) is 5.26 Å². The number of carbonyl (C=O) groups excluding carboxylic acids is 1. The van der Waals surface area contributed by atoms with Gasteiger partial charge < -0.3 is 20.4 Å². The van der Waals surface area contributed by atoms with Gasteiger partial charge in [0.05, 0.1) is 6.04 Å². The number of fused-ring (bicyclic) bond motifs is 5. The number of anilines is 1. The monoisotopic (exact) mass is 394 g/mol. The summed E-state index contributed by atoms with van der Waals surface area (Å²) < 4.78 is 19.6. The van der Waals surface area contributed by atoms with E-state index >= 15 is 0 Å². The minimum Gasteiger partial charge on any atom is -0.485 e. The number of nitrogen functional groups attached to an aromatic ring is 1. The molecule has 2 bridgehead atoms. The number of hydrogen-bond acceptors (Lipinski definition) is 7. The maximum atomic E-state index is 13.8. The summed E-state index contributed by atoms with van der Waals surface area (Å²) in [6.45, 7) is 0.245. The molecule has 0 spiro atoms. The number of halogens is 1. The number of likely N-dealkylation sites (N-methyl/N-ethyl adjacent to an activating group) is 1. The molecule has 0 aliphatic carbocycles. The molecule has 3 heterocycles. The van der Waals surface area contributed by atoms with E-state index in [1.165, 1.54) is 23.1 Å². The van der Waals surface area contributed by atoms with Crippen LogP contribution in [0.4, 0.5) is 10.2 Å². The number of nitrogens with zero attached hydrogens (tertiary/aromatic N) is 4. The fourth-order valence-electron chi connectivity index (χ4n) is 3.64. The van der Waals surface area contributed by atoms with Gasteiger partial charge in [-0.15, -0.1) is 0 Å². The number of allylic oxidation sites excluding steroid dienone is 1. The number of benzene rings is 1. The van der Waals surface area contributed by atoms with Crippen LogP contribution in [0.25, 0.3) is 5.57 Å². The van der Waals surface area contributed by atoms with Gasteiger partial charge in [0.25, 0.3) is 5.91 Å². The summed E-state index contributed by atoms with van der Waals surface area (Å²) in [4.78, 5) is 18.8. The maximum absolute atomic E-state index is 13.8. The topological polar surface area (TPSA) is 108 Å². The van der Waals surface area contributed by atoms with Crippen molar-refractivity contribution in [1.82, 2.24) is 20.3 Å². The number of aromatic nitrogens is 1. The first-order valence-corrected chi connectivity index (χ1v) is 8.95. The predicted molar refractivity (Wildman–Crippen MR) is 104 cm³/mol. The van der Waals surface area contributed by atoms with E-state index in [-0.39, 0.29) is 24.4 Å². The van der Waals surface area contributed by atoms with Crippen LogP contribution in [-0.2, 0) is 6.61 Å². The number of hydrogen-bond donors (Lipinski definition) is 2. The molecular weight excluding hydrogens is 375 g/mol. The van der Waals surface area contributed by atoms with Crippen LogP contribution in [0, 0.1) is 17.1 Å². The summed E-state index contributed by atoms with van der Waals surface area (Å²) in [6, 6.07) is 7.54. The summed E-state index contributed by atoms with van der Waals surface area (Å²) in [5, 5.41) is 11.3. The molecule has 2 aliphatic rings. The van der Waals surface area contributed by atoms with Gasteiger partial charge >= 0.3 is 0 Å². The Balaban J connectivity index is 1.88. The van der Waals surface area contributed by atoms with Crippen LogP contribution >= 0.6 is 0 Å². The van der Waals surface area contributed by atoms with E-state index in [0.717, 1.165) is 0 Å². The zero-order chi connectivity index (χ0) is 20.7. The van der Waals surface area contributed by atoms with Gasteiger partial charge in [-0.3, -0.25) is 4.79 Å². The van der Waals surface area contributed by atoms with Gasteiger partial charge in [-0.25, -0.2) is 14.8 Å². The number of nitriles is 1. The molecule has 29 heavy (non-hydrogen) atoms. The first-order chi connectivity index (χ1) is 13.9. The molecule has 2 aromatic rings. The Kier molecular flexibility index (Phi) is 4.56. The number of rotatable bonds is 0. The molecular formula is C20H19FN6O2. The third-order valence-electron chi connectivity index (χ3n) is 5.07. The summed E-state index contributed by atoms with van der Waals surface area (Å²) in [7, 11) is 3.40. The van der Waals surface area contributed by atoms with E-state index in [1.807, 2.05) is 0 Å². The van der Waals surface area contributed by atoms with Crippen molar-refractivity contribution in [2.45, 2.75) is 12.6 Å². The van der Waals surface area contributed by atoms with E-state index in [1.54, 1.807) is 31.4 Å². The van der Waals surface area contributed by atoms with Gasteiger partial charge in [-0.2, -0.15) is 5.26 Å². The van der Waals surface area contributed by atoms with Crippen molar-refractivity contribution in [3.63, 3.8) is 0 Å². The van der Waals surface area contributed by atoms with Crippen molar-refractivity contribution < 1.29 is 13.9 Å². The number of amides is 1. The van der Waals surface area contributed by atoms with E-state index in [2.05, 4.69) is 16.5 Å². The summed E-state index contributed by atoms with van der Waals surface area (Å²) in [5.74, 6) is -0.259. The van der Waals surface area contributed by atoms with Crippen LogP contribution < -0.4 is 15.9 Å². The Hall–Kier alpha value is -3.64. The Labute approximate surface area is 167 Å². The molecule has 1 aromatic heterocycles. The molecule has 8 nitrogen and oxygen atoms in total. The molecule has 0 radical (unpaired) electrons. The summed E-state index contributed by atoms with van der Waals surface area (Å²) >= 11 is 0. The molecule has 1 atom stereocenters. The highest BCUT2D eigenvalue weighted by Gasteiger charge is 2.33. The smallest absolute Gasteiger partial charge is 0.254 e. The minimum absolute atomic E-state index is 0.0479. The average molecular weight is 394 g/mol. The SMILES string of the molecule is CN1CC2NN(C)C(C#N)=C2c2cnc(N)c(c2)OCc2cc(F)ccc2C1=O. The first-order valence-electron chi connectivity index (χ1n) is 8.95. The molecule has 9 heteroatoms. The minimum atomic E-state index is -0.460. The Morgan fingerprint density at radius 1 is 1.38 bits per heavy atom. The third-order valence-corrected chi connectivity index (χ3v) is 5.07. The number of ether oxygens (including phenoxy) is 1. The van der Waals surface area contributed by atoms with Crippen molar-refractivity contribution in [3.8, 4) is 11.8 Å². The number of nitrogens with one attached hydrogen (secondary N) is 1. The Morgan fingerprint density at radius 2 is 2.17 bits per heavy atom. The highest BCUT2D eigenvalue weighted by Crippen LogP contribution is 2.33. The van der Waals surface area contributed by atoms with Crippen molar-refractivity contribution in [3.05, 3.63) is 58.7 Å². The largest absolute Gasteiger partial charge is 0.485 e. The van der Waals surface area contributed by atoms with Crippen LogP contribution in [-0.4, -0.2) is 47.5 Å². The lowest BCUT2D eigenvalue weighted by Crippen LogP contribution is -2.43. The van der Waals surface area contributed by atoms with Gasteiger partial charge in [0.1, 0.15) is 24.2 Å². The van der Waals surface area contributed by atoms with Crippen molar-refractivity contribution >= 4 is 17.3 Å². The Morgan fingerprint density at radius 3 is 2.93 bits per heavy atom. The number of pyridine rings is 1. The van der Waals surface area contributed by atoms with Gasteiger partial charge in [0, 0.05) is 49.1 Å². The molecule has 3 N–H and O–H groups in total. The molecule has 1 aromatic carbocycles. The van der Waals surface area contributed by atoms with Gasteiger partial charge in [-0.1, -0.05) is 0 Å². The average Bonchev–Trinajstić information content (AvgIpc) is 3.01. The van der Waals surface area contributed by atoms with Gasteiger partial charge in [0.2, 0.25) is 0 Å². The molecule has 1 amide bonds. The van der Waals surface area contributed by atoms with Crippen LogP contribution in [0.1, 0.15) is 21.5 Å². The van der Waals surface area contributed by atoms with Crippen LogP contribution in [0.3, 0.4) is 0 Å². The fourth-order valence-corrected chi connectivity index (χ4v) is 3.64. The second-order valence-electron chi connectivity index (χ2n) is 7.00. The molecule has 0 saturated heterocycles. The second-order valence-corrected chi connectivity index (χ2v) is 7.00. The van der Waals surface area contributed by atoms with Crippen LogP contribution in [0.15, 0.2) is 36.2 Å². The quantitative estimate of drug-likeness (QED) is 0.698. The predicted octanol–water partition coefficient (Wildman–Crippen LogP) is 1.52. The fraction of sp³-hybridized carbons (Fsp3) is 0.250. The molecule has 0 fully saturated rings. The van der Waals surface area contributed by atoms with E-state index in [9.17, 15) is 14.4 Å². The number of hydrazine groups is 1. The maximum Gasteiger partial charge on any atom is 0.254 e. The number of carbonyl (C=O) groups is 1. The van der Waals surface area contributed by atoms with E-state index in [4.69, 9.17) is 10.5 Å². The Bertz CT molecular complexity index is 1080. The number of nitrogens with two attached hydrogens (primary N) is 1. The first kappa shape index (κ1) is 18.7. The molecule has 2 aliphatic heterocycles. The second kappa shape index (κ2) is 7.07. The zero-order valence-electron chi connectivity index (χ0n) is 15.9. The van der Waals surface area contributed by atoms with Crippen molar-refractivity contribution in [2.75, 3.05) is 26.4 Å². The lowest BCUT2D eigenvalue weighted by Gasteiger charge is -2.26. The molecule has 4 rings (SSSR count). The molecule has 0 saturated carbocycles. The summed E-state index contributed by atoms with van der Waals surface area (Å²) in [6.07, 6.45) is 1.57. The van der Waals surface area contributed by atoms with Gasteiger partial charge in [-0.05, 0) is 24.3 Å². The third kappa shape index (κ3) is 3.23. The molecule has 1 unspecified atom stereocenters. The highest BCUT2D eigenvalue weighted by atomic mass is 19.1. The zero-order valence-corrected chi connectivity index (χ0v) is 15.9. The van der Waals surface area contributed by atoms with Crippen molar-refractivity contribution in [2.24, 2.45) is 0 Å². The molecule has 148 valence electrons. The lowest BCUT2D eigenvalue weighted by molar-refractivity contribution is 0.0780.